The number of aromatic amines is 1. The van der Waals surface area contributed by atoms with E-state index in [0.29, 0.717) is 56.7 Å². The summed E-state index contributed by atoms with van der Waals surface area (Å²) in [6, 6.07) is 18.2. The molecule has 3 aromatic carbocycles. The number of carbonyl (C=O) groups is 3. The minimum atomic E-state index is -3.73. The fourth-order valence-electron chi connectivity index (χ4n) is 6.76. The normalized spacial score (nSPS) is 18.5. The van der Waals surface area contributed by atoms with Crippen molar-refractivity contribution >= 4 is 33.6 Å². The predicted molar refractivity (Wildman–Crippen MR) is 194 cm³/mol. The standard InChI is InChI=1S/C37H42N6O9S/c1-23-5-14-30(53(49,50)43-15-17-51-18-16-43)21-31(23)28-4-2-3-25(19-28)20-32(40-34(44)27-8-6-24(7-9-27)22-38-36(46)47)35(45)39-29-12-10-26(11-13-29)33-41-37(48)52-42-33/h2-5,10-14,19,21,24,27,32,38H,6-9,15-18,20,22H2,1H3,(H,39,45)(H,40,44)(H,46,47)(H,41,42,48)/t24-,27-,32-/m0/s1. The first-order valence-corrected chi connectivity index (χ1v) is 18.9. The Balaban J connectivity index is 1.21. The van der Waals surface area contributed by atoms with Crippen LogP contribution in [0.2, 0.25) is 0 Å². The zero-order valence-corrected chi connectivity index (χ0v) is 30.0. The molecule has 16 heteroatoms. The third-order valence-electron chi connectivity index (χ3n) is 9.75. The lowest BCUT2D eigenvalue weighted by molar-refractivity contribution is -0.130. The van der Waals surface area contributed by atoms with Crippen LogP contribution in [0.1, 0.15) is 36.8 Å². The number of aryl methyl sites for hydroxylation is 1. The van der Waals surface area contributed by atoms with Gasteiger partial charge < -0.3 is 25.8 Å². The topological polar surface area (TPSA) is 213 Å². The molecule has 280 valence electrons. The maximum absolute atomic E-state index is 13.9. The predicted octanol–water partition coefficient (Wildman–Crippen LogP) is 3.77. The molecule has 5 N–H and O–H groups in total. The van der Waals surface area contributed by atoms with Gasteiger partial charge >= 0.3 is 11.8 Å². The highest BCUT2D eigenvalue weighted by atomic mass is 32.2. The van der Waals surface area contributed by atoms with Crippen molar-refractivity contribution < 1.29 is 37.2 Å². The average molecular weight is 747 g/mol. The number of rotatable bonds is 12. The fraction of sp³-hybridized carbons (Fsp3) is 0.378. The SMILES string of the molecule is Cc1ccc(S(=O)(=O)N2CCOCC2)cc1-c1cccc(C[C@H](NC(=O)[C@H]2CC[C@H](CNC(=O)O)CC2)C(=O)Nc2ccc(-c3noc(=O)[nH]3)cc2)c1. The van der Waals surface area contributed by atoms with Crippen molar-refractivity contribution in [2.75, 3.05) is 38.2 Å². The van der Waals surface area contributed by atoms with Gasteiger partial charge in [0.2, 0.25) is 21.8 Å². The molecule has 1 aliphatic carbocycles. The number of benzene rings is 3. The highest BCUT2D eigenvalue weighted by Gasteiger charge is 2.31. The molecule has 0 unspecified atom stereocenters. The molecule has 15 nitrogen and oxygen atoms in total. The number of carbonyl (C=O) groups excluding carboxylic acids is 2. The lowest BCUT2D eigenvalue weighted by Crippen LogP contribution is -2.48. The monoisotopic (exact) mass is 746 g/mol. The van der Waals surface area contributed by atoms with E-state index < -0.39 is 33.8 Å². The van der Waals surface area contributed by atoms with Crippen LogP contribution in [0.3, 0.4) is 0 Å². The Morgan fingerprint density at radius 3 is 2.40 bits per heavy atom. The second kappa shape index (κ2) is 16.6. The summed E-state index contributed by atoms with van der Waals surface area (Å²) in [5.74, 6) is -1.34. The number of hydrogen-bond donors (Lipinski definition) is 5. The number of morpholine rings is 1. The first kappa shape index (κ1) is 37.4. The lowest BCUT2D eigenvalue weighted by Gasteiger charge is -2.29. The summed E-state index contributed by atoms with van der Waals surface area (Å²) < 4.78 is 38.3. The molecular formula is C37H42N6O9S. The summed E-state index contributed by atoms with van der Waals surface area (Å²) in [5.41, 5.74) is 4.14. The molecular weight excluding hydrogens is 705 g/mol. The molecule has 6 rings (SSSR count). The highest BCUT2D eigenvalue weighted by molar-refractivity contribution is 7.89. The van der Waals surface area contributed by atoms with Gasteiger partial charge in [0.25, 0.3) is 0 Å². The zero-order chi connectivity index (χ0) is 37.5. The van der Waals surface area contributed by atoms with E-state index in [4.69, 9.17) is 9.84 Å². The molecule has 1 saturated carbocycles. The van der Waals surface area contributed by atoms with Crippen LogP contribution in [-0.2, 0) is 30.8 Å². The Labute approximate surface area is 306 Å². The fourth-order valence-corrected chi connectivity index (χ4v) is 8.20. The summed E-state index contributed by atoms with van der Waals surface area (Å²) in [6.45, 7) is 3.48. The van der Waals surface area contributed by atoms with Gasteiger partial charge in [0, 0.05) is 43.2 Å². The number of amides is 3. The smallest absolute Gasteiger partial charge is 0.439 e. The third-order valence-corrected chi connectivity index (χ3v) is 11.6. The van der Waals surface area contributed by atoms with Crippen molar-refractivity contribution in [3.05, 3.63) is 88.4 Å². The van der Waals surface area contributed by atoms with Gasteiger partial charge in [0.15, 0.2) is 5.82 Å². The Kier molecular flexibility index (Phi) is 11.7. The number of aromatic nitrogens is 2. The molecule has 2 fully saturated rings. The molecule has 1 atom stereocenters. The Morgan fingerprint density at radius 1 is 0.981 bits per heavy atom. The first-order chi connectivity index (χ1) is 25.5. The largest absolute Gasteiger partial charge is 0.465 e. The Morgan fingerprint density at radius 2 is 1.72 bits per heavy atom. The number of anilines is 1. The van der Waals surface area contributed by atoms with Crippen molar-refractivity contribution in [2.45, 2.75) is 50.0 Å². The first-order valence-electron chi connectivity index (χ1n) is 17.5. The molecule has 53 heavy (non-hydrogen) atoms. The van der Waals surface area contributed by atoms with Crippen LogP contribution in [0.25, 0.3) is 22.5 Å². The number of ether oxygens (including phenoxy) is 1. The molecule has 2 aliphatic rings. The van der Waals surface area contributed by atoms with Crippen LogP contribution in [0.5, 0.6) is 0 Å². The molecule has 4 aromatic rings. The third kappa shape index (κ3) is 9.38. The van der Waals surface area contributed by atoms with E-state index in [1.165, 1.54) is 4.31 Å². The minimum Gasteiger partial charge on any atom is -0.465 e. The van der Waals surface area contributed by atoms with E-state index in [9.17, 15) is 27.6 Å². The minimum absolute atomic E-state index is 0.140. The van der Waals surface area contributed by atoms with Gasteiger partial charge in [0.05, 0.1) is 18.1 Å². The molecule has 0 bridgehead atoms. The summed E-state index contributed by atoms with van der Waals surface area (Å²) >= 11 is 0. The Bertz CT molecular complexity index is 2100. The maximum Gasteiger partial charge on any atom is 0.439 e. The van der Waals surface area contributed by atoms with Crippen LogP contribution < -0.4 is 21.7 Å². The van der Waals surface area contributed by atoms with Crippen molar-refractivity contribution in [3.63, 3.8) is 0 Å². The molecule has 0 spiro atoms. The van der Waals surface area contributed by atoms with Crippen LogP contribution in [0.15, 0.2) is 80.9 Å². The van der Waals surface area contributed by atoms with E-state index in [1.54, 1.807) is 42.5 Å². The number of nitrogens with zero attached hydrogens (tertiary/aromatic N) is 2. The summed E-state index contributed by atoms with van der Waals surface area (Å²) in [7, 11) is -3.73. The van der Waals surface area contributed by atoms with E-state index in [2.05, 4.69) is 30.6 Å². The van der Waals surface area contributed by atoms with Crippen molar-refractivity contribution in [1.82, 2.24) is 25.1 Å². The second-order valence-corrected chi connectivity index (χ2v) is 15.3. The number of H-pyrrole nitrogens is 1. The second-order valence-electron chi connectivity index (χ2n) is 13.4. The van der Waals surface area contributed by atoms with E-state index >= 15 is 0 Å². The van der Waals surface area contributed by atoms with Crippen LogP contribution in [-0.4, -0.2) is 84.8 Å². The van der Waals surface area contributed by atoms with Crippen molar-refractivity contribution in [1.29, 1.82) is 0 Å². The van der Waals surface area contributed by atoms with Crippen molar-refractivity contribution in [2.24, 2.45) is 11.8 Å². The maximum atomic E-state index is 13.9. The lowest BCUT2D eigenvalue weighted by atomic mass is 9.81. The van der Waals surface area contributed by atoms with Crippen LogP contribution in [0.4, 0.5) is 10.5 Å². The number of sulfonamides is 1. The average Bonchev–Trinajstić information content (AvgIpc) is 3.60. The van der Waals surface area contributed by atoms with Gasteiger partial charge in [-0.3, -0.25) is 19.1 Å². The van der Waals surface area contributed by atoms with E-state index in [1.807, 2.05) is 31.2 Å². The summed E-state index contributed by atoms with van der Waals surface area (Å²) in [5, 5.41) is 20.9. The highest BCUT2D eigenvalue weighted by Crippen LogP contribution is 2.31. The summed E-state index contributed by atoms with van der Waals surface area (Å²) in [6.07, 6.45) is 1.56. The molecule has 1 aliphatic heterocycles. The van der Waals surface area contributed by atoms with E-state index in [-0.39, 0.29) is 48.0 Å². The van der Waals surface area contributed by atoms with Crippen LogP contribution in [0, 0.1) is 18.8 Å². The molecule has 3 amide bonds. The molecule has 1 saturated heterocycles. The van der Waals surface area contributed by atoms with Gasteiger partial charge in [-0.05, 0) is 97.2 Å². The Hall–Kier alpha value is -5.32. The summed E-state index contributed by atoms with van der Waals surface area (Å²) in [4.78, 5) is 52.4. The molecule has 1 aromatic heterocycles. The zero-order valence-electron chi connectivity index (χ0n) is 29.2. The van der Waals surface area contributed by atoms with Crippen molar-refractivity contribution in [3.8, 4) is 22.5 Å². The van der Waals surface area contributed by atoms with E-state index in [0.717, 1.165) is 22.3 Å². The quantitative estimate of drug-likeness (QED) is 0.142. The number of nitrogens with one attached hydrogen (secondary N) is 4. The van der Waals surface area contributed by atoms with Gasteiger partial charge in [-0.2, -0.15) is 4.31 Å². The van der Waals surface area contributed by atoms with Gasteiger partial charge in [-0.15, -0.1) is 0 Å². The number of carboxylic acid groups (broad SMARTS) is 1. The van der Waals surface area contributed by atoms with Gasteiger partial charge in [-0.1, -0.05) is 35.5 Å². The molecule has 0 radical (unpaired) electrons. The van der Waals surface area contributed by atoms with Gasteiger partial charge in [0.1, 0.15) is 6.04 Å². The number of hydrogen-bond acceptors (Lipinski definition) is 9. The van der Waals surface area contributed by atoms with Gasteiger partial charge in [-0.25, -0.2) is 18.0 Å². The molecule has 2 heterocycles. The van der Waals surface area contributed by atoms with Crippen LogP contribution >= 0.6 is 0 Å².